The van der Waals surface area contributed by atoms with Gasteiger partial charge < -0.3 is 20.5 Å². The molecular formula is C22H22N4O5S. The lowest BCUT2D eigenvalue weighted by Crippen LogP contribution is -2.44. The molecule has 1 unspecified atom stereocenters. The van der Waals surface area contributed by atoms with Gasteiger partial charge >= 0.3 is 5.97 Å². The number of nitrogens with zero attached hydrogens (tertiary/aromatic N) is 2. The standard InChI is InChI=1S/C22H22N4O5S/c1-2-14-8-10-16(11-9-14)23-20(29)21-26-25-18(32-21)13-31-22(30)17(12-27)24-19(28)15-6-4-3-5-7-15/h3-11,17,27H,2,12-13H2,1H3,(H,23,29)(H,24,28). The van der Waals surface area contributed by atoms with E-state index in [2.05, 4.69) is 20.8 Å². The van der Waals surface area contributed by atoms with Gasteiger partial charge in [-0.15, -0.1) is 10.2 Å². The molecule has 0 aliphatic rings. The van der Waals surface area contributed by atoms with E-state index in [9.17, 15) is 19.5 Å². The second-order valence-corrected chi connectivity index (χ2v) is 7.75. The number of nitrogens with one attached hydrogen (secondary N) is 2. The fraction of sp³-hybridized carbons (Fsp3) is 0.227. The Hall–Kier alpha value is -3.63. The molecule has 0 spiro atoms. The van der Waals surface area contributed by atoms with Crippen LogP contribution in [0.15, 0.2) is 54.6 Å². The lowest BCUT2D eigenvalue weighted by molar-refractivity contribution is -0.148. The first-order valence-electron chi connectivity index (χ1n) is 9.86. The third kappa shape index (κ3) is 6.19. The highest BCUT2D eigenvalue weighted by atomic mass is 32.1. The van der Waals surface area contributed by atoms with Gasteiger partial charge in [0, 0.05) is 11.3 Å². The van der Waals surface area contributed by atoms with E-state index in [1.165, 1.54) is 0 Å². The second-order valence-electron chi connectivity index (χ2n) is 6.69. The summed E-state index contributed by atoms with van der Waals surface area (Å²) in [5.41, 5.74) is 2.14. The lowest BCUT2D eigenvalue weighted by Gasteiger charge is -2.14. The molecule has 32 heavy (non-hydrogen) atoms. The first kappa shape index (κ1) is 23.0. The Labute approximate surface area is 188 Å². The van der Waals surface area contributed by atoms with Gasteiger partial charge in [-0.3, -0.25) is 9.59 Å². The van der Waals surface area contributed by atoms with Crippen molar-refractivity contribution in [3.05, 3.63) is 75.7 Å². The van der Waals surface area contributed by atoms with Crippen LogP contribution < -0.4 is 10.6 Å². The molecule has 0 aliphatic carbocycles. The van der Waals surface area contributed by atoms with Gasteiger partial charge in [-0.05, 0) is 36.2 Å². The zero-order valence-corrected chi connectivity index (χ0v) is 18.1. The SMILES string of the molecule is CCc1ccc(NC(=O)c2nnc(COC(=O)C(CO)NC(=O)c3ccccc3)s2)cc1. The van der Waals surface area contributed by atoms with E-state index in [4.69, 9.17) is 4.74 Å². The summed E-state index contributed by atoms with van der Waals surface area (Å²) in [6.45, 7) is 1.17. The maximum atomic E-state index is 12.3. The molecule has 2 aromatic carbocycles. The molecule has 3 rings (SSSR count). The van der Waals surface area contributed by atoms with Gasteiger partial charge in [0.1, 0.15) is 6.61 Å². The first-order chi connectivity index (χ1) is 15.5. The van der Waals surface area contributed by atoms with Crippen molar-refractivity contribution in [2.45, 2.75) is 26.0 Å². The van der Waals surface area contributed by atoms with Crippen LogP contribution in [0.1, 0.15) is 37.7 Å². The van der Waals surface area contributed by atoms with Crippen LogP contribution in [0.2, 0.25) is 0 Å². The number of hydrogen-bond donors (Lipinski definition) is 3. The van der Waals surface area contributed by atoms with Gasteiger partial charge in [0.2, 0.25) is 5.01 Å². The Morgan fingerprint density at radius 1 is 1.03 bits per heavy atom. The van der Waals surface area contributed by atoms with Crippen molar-refractivity contribution in [3.63, 3.8) is 0 Å². The maximum absolute atomic E-state index is 12.3. The highest BCUT2D eigenvalue weighted by Crippen LogP contribution is 2.15. The van der Waals surface area contributed by atoms with Crippen LogP contribution in [0.3, 0.4) is 0 Å². The van der Waals surface area contributed by atoms with Crippen LogP contribution in [0.25, 0.3) is 0 Å². The van der Waals surface area contributed by atoms with Gasteiger partial charge in [0.25, 0.3) is 11.8 Å². The number of aliphatic hydroxyl groups excluding tert-OH is 1. The van der Waals surface area contributed by atoms with Crippen molar-refractivity contribution in [2.75, 3.05) is 11.9 Å². The molecule has 1 heterocycles. The number of aromatic nitrogens is 2. The second kappa shape index (κ2) is 11.1. The number of rotatable bonds is 9. The summed E-state index contributed by atoms with van der Waals surface area (Å²) in [6.07, 6.45) is 0.903. The van der Waals surface area contributed by atoms with Gasteiger partial charge in [-0.25, -0.2) is 4.79 Å². The number of anilines is 1. The molecular weight excluding hydrogens is 432 g/mol. The molecule has 1 aromatic heterocycles. The fourth-order valence-corrected chi connectivity index (χ4v) is 3.30. The van der Waals surface area contributed by atoms with Gasteiger partial charge in [0.05, 0.1) is 6.61 Å². The molecule has 3 N–H and O–H groups in total. The fourth-order valence-electron chi connectivity index (χ4n) is 2.66. The van der Waals surface area contributed by atoms with E-state index in [1.54, 1.807) is 42.5 Å². The number of aryl methyl sites for hydroxylation is 1. The zero-order chi connectivity index (χ0) is 22.9. The van der Waals surface area contributed by atoms with Crippen LogP contribution in [-0.2, 0) is 22.6 Å². The molecule has 0 bridgehead atoms. The summed E-state index contributed by atoms with van der Waals surface area (Å²) in [5.74, 6) is -1.76. The van der Waals surface area contributed by atoms with E-state index in [1.807, 2.05) is 19.1 Å². The van der Waals surface area contributed by atoms with Crippen LogP contribution in [-0.4, -0.2) is 45.7 Å². The van der Waals surface area contributed by atoms with Crippen molar-refractivity contribution in [1.29, 1.82) is 0 Å². The Morgan fingerprint density at radius 2 is 1.75 bits per heavy atom. The van der Waals surface area contributed by atoms with Gasteiger partial charge in [0.15, 0.2) is 11.0 Å². The molecule has 2 amide bonds. The average molecular weight is 455 g/mol. The van der Waals surface area contributed by atoms with Crippen molar-refractivity contribution in [2.24, 2.45) is 0 Å². The van der Waals surface area contributed by atoms with Gasteiger partial charge in [-0.2, -0.15) is 0 Å². The summed E-state index contributed by atoms with van der Waals surface area (Å²) in [6, 6.07) is 14.5. The Bertz CT molecular complexity index is 1070. The predicted octanol–water partition coefficient (Wildman–Crippen LogP) is 2.19. The smallest absolute Gasteiger partial charge is 0.331 e. The minimum Gasteiger partial charge on any atom is -0.457 e. The highest BCUT2D eigenvalue weighted by molar-refractivity contribution is 7.13. The number of hydrogen-bond acceptors (Lipinski definition) is 8. The number of benzene rings is 2. The summed E-state index contributed by atoms with van der Waals surface area (Å²) in [7, 11) is 0. The number of carbonyl (C=O) groups is 3. The molecule has 1 atom stereocenters. The largest absolute Gasteiger partial charge is 0.457 e. The third-order valence-electron chi connectivity index (χ3n) is 4.43. The third-order valence-corrected chi connectivity index (χ3v) is 5.32. The van der Waals surface area contributed by atoms with E-state index in [-0.39, 0.29) is 11.6 Å². The Balaban J connectivity index is 1.52. The molecule has 10 heteroatoms. The lowest BCUT2D eigenvalue weighted by atomic mass is 10.1. The number of amides is 2. The van der Waals surface area contributed by atoms with Crippen molar-refractivity contribution in [1.82, 2.24) is 15.5 Å². The number of esters is 1. The quantitative estimate of drug-likeness (QED) is 0.423. The molecule has 166 valence electrons. The summed E-state index contributed by atoms with van der Waals surface area (Å²) >= 11 is 0.979. The average Bonchev–Trinajstić information content (AvgIpc) is 3.31. The monoisotopic (exact) mass is 454 g/mol. The molecule has 9 nitrogen and oxygen atoms in total. The molecule has 0 saturated carbocycles. The van der Waals surface area contributed by atoms with Crippen LogP contribution >= 0.6 is 11.3 Å². The first-order valence-corrected chi connectivity index (χ1v) is 10.7. The molecule has 0 radical (unpaired) electrons. The van der Waals surface area contributed by atoms with E-state index >= 15 is 0 Å². The van der Waals surface area contributed by atoms with Crippen molar-refractivity contribution < 1.29 is 24.2 Å². The number of aliphatic hydroxyl groups is 1. The molecule has 0 saturated heterocycles. The molecule has 3 aromatic rings. The van der Waals surface area contributed by atoms with E-state index < -0.39 is 30.4 Å². The van der Waals surface area contributed by atoms with Crippen LogP contribution in [0, 0.1) is 0 Å². The maximum Gasteiger partial charge on any atom is 0.331 e. The predicted molar refractivity (Wildman–Crippen MR) is 118 cm³/mol. The molecule has 0 aliphatic heterocycles. The number of carbonyl (C=O) groups excluding carboxylic acids is 3. The Morgan fingerprint density at radius 3 is 2.41 bits per heavy atom. The van der Waals surface area contributed by atoms with E-state index in [0.29, 0.717) is 16.3 Å². The summed E-state index contributed by atoms with van der Waals surface area (Å²) in [4.78, 5) is 36.7. The highest BCUT2D eigenvalue weighted by Gasteiger charge is 2.23. The van der Waals surface area contributed by atoms with Crippen LogP contribution in [0.5, 0.6) is 0 Å². The Kier molecular flexibility index (Phi) is 8.01. The minimum atomic E-state index is -1.23. The van der Waals surface area contributed by atoms with Crippen LogP contribution in [0.4, 0.5) is 5.69 Å². The van der Waals surface area contributed by atoms with Crippen molar-refractivity contribution >= 4 is 34.8 Å². The summed E-state index contributed by atoms with van der Waals surface area (Å²) in [5, 5.41) is 22.7. The minimum absolute atomic E-state index is 0.117. The van der Waals surface area contributed by atoms with Gasteiger partial charge in [-0.1, -0.05) is 48.6 Å². The molecule has 0 fully saturated rings. The zero-order valence-electron chi connectivity index (χ0n) is 17.3. The van der Waals surface area contributed by atoms with Crippen molar-refractivity contribution in [3.8, 4) is 0 Å². The van der Waals surface area contributed by atoms with E-state index in [0.717, 1.165) is 23.3 Å². The topological polar surface area (TPSA) is 131 Å². The normalized spacial score (nSPS) is 11.4. The number of ether oxygens (including phenoxy) is 1. The summed E-state index contributed by atoms with van der Waals surface area (Å²) < 4.78 is 5.12.